The largest absolute Gasteiger partial charge is 0.495 e. The lowest BCUT2D eigenvalue weighted by Gasteiger charge is -2.35. The first-order valence-electron chi connectivity index (χ1n) is 11.7. The molecule has 32 heavy (non-hydrogen) atoms. The minimum atomic E-state index is -0.208. The number of ether oxygens (including phenoxy) is 1. The van der Waals surface area contributed by atoms with E-state index < -0.39 is 0 Å². The summed E-state index contributed by atoms with van der Waals surface area (Å²) in [6, 6.07) is 8.80. The molecule has 0 saturated carbocycles. The van der Waals surface area contributed by atoms with Gasteiger partial charge in [0.05, 0.1) is 17.8 Å². The Bertz CT molecular complexity index is 909. The fourth-order valence-corrected chi connectivity index (χ4v) is 4.99. The van der Waals surface area contributed by atoms with E-state index in [0.717, 1.165) is 30.5 Å². The second-order valence-electron chi connectivity index (χ2n) is 8.80. The first-order chi connectivity index (χ1) is 15.6. The Morgan fingerprint density at radius 2 is 1.94 bits per heavy atom. The minimum absolute atomic E-state index is 0.208. The summed E-state index contributed by atoms with van der Waals surface area (Å²) < 4.78 is 5.17. The molecule has 0 spiro atoms. The molecule has 0 atom stereocenters. The van der Waals surface area contributed by atoms with Crippen molar-refractivity contribution < 1.29 is 9.53 Å². The molecular formula is C25H33ClN4O2. The number of anilines is 2. The van der Waals surface area contributed by atoms with Gasteiger partial charge in [-0.05, 0) is 88.0 Å². The molecule has 0 aliphatic carbocycles. The molecule has 4 rings (SSSR count). The zero-order valence-electron chi connectivity index (χ0n) is 18.9. The summed E-state index contributed by atoms with van der Waals surface area (Å²) in [6.07, 6.45) is 9.53. The molecule has 0 bridgehead atoms. The zero-order chi connectivity index (χ0) is 22.3. The molecule has 1 N–H and O–H groups in total. The highest BCUT2D eigenvalue weighted by Crippen LogP contribution is 2.30. The van der Waals surface area contributed by atoms with Crippen molar-refractivity contribution in [3.8, 4) is 5.75 Å². The fraction of sp³-hybridized carbons (Fsp3) is 0.520. The highest BCUT2D eigenvalue weighted by molar-refractivity contribution is 6.32. The lowest BCUT2D eigenvalue weighted by Crippen LogP contribution is -2.37. The summed E-state index contributed by atoms with van der Waals surface area (Å²) in [7, 11) is 1.56. The summed E-state index contributed by atoms with van der Waals surface area (Å²) in [5.74, 6) is 1.96. The predicted octanol–water partition coefficient (Wildman–Crippen LogP) is 5.09. The van der Waals surface area contributed by atoms with Gasteiger partial charge >= 0.3 is 0 Å². The summed E-state index contributed by atoms with van der Waals surface area (Å²) in [4.78, 5) is 22.4. The quantitative estimate of drug-likeness (QED) is 0.629. The first kappa shape index (κ1) is 22.9. The van der Waals surface area contributed by atoms with Crippen LogP contribution in [0.5, 0.6) is 5.75 Å². The highest BCUT2D eigenvalue weighted by atomic mass is 35.5. The molecule has 7 heteroatoms. The maximum Gasteiger partial charge on any atom is 0.255 e. The van der Waals surface area contributed by atoms with Crippen LogP contribution in [0.2, 0.25) is 5.02 Å². The molecule has 2 fully saturated rings. The van der Waals surface area contributed by atoms with Crippen molar-refractivity contribution in [2.75, 3.05) is 50.1 Å². The van der Waals surface area contributed by atoms with E-state index in [4.69, 9.17) is 16.3 Å². The Balaban J connectivity index is 1.34. The molecule has 2 aliphatic heterocycles. The standard InChI is InChI=1S/C25H33ClN4O2/c1-32-23-8-7-20(18-21(23)26)25(31)28-22-6-5-12-27-24(22)30-16-10-19(11-17-30)9-15-29-13-3-2-4-14-29/h5-8,12,18-19H,2-4,9-11,13-17H2,1H3,(H,28,31). The molecule has 2 aromatic rings. The normalized spacial score (nSPS) is 17.9. The molecule has 1 aromatic heterocycles. The molecule has 3 heterocycles. The highest BCUT2D eigenvalue weighted by Gasteiger charge is 2.23. The number of benzene rings is 1. The minimum Gasteiger partial charge on any atom is -0.495 e. The number of carbonyl (C=O) groups is 1. The number of amides is 1. The number of rotatable bonds is 7. The average molecular weight is 457 g/mol. The van der Waals surface area contributed by atoms with Crippen molar-refractivity contribution >= 4 is 29.0 Å². The van der Waals surface area contributed by atoms with E-state index in [2.05, 4.69) is 20.1 Å². The van der Waals surface area contributed by atoms with Crippen LogP contribution in [0.15, 0.2) is 36.5 Å². The molecule has 2 saturated heterocycles. The molecule has 172 valence electrons. The number of piperidine rings is 2. The molecule has 0 unspecified atom stereocenters. The number of halogens is 1. The summed E-state index contributed by atoms with van der Waals surface area (Å²) in [5.41, 5.74) is 1.22. The van der Waals surface area contributed by atoms with Crippen molar-refractivity contribution in [3.05, 3.63) is 47.1 Å². The van der Waals surface area contributed by atoms with Gasteiger partial charge in [-0.2, -0.15) is 0 Å². The number of aromatic nitrogens is 1. The lowest BCUT2D eigenvalue weighted by atomic mass is 9.93. The van der Waals surface area contributed by atoms with Crippen molar-refractivity contribution in [1.82, 2.24) is 9.88 Å². The first-order valence-corrected chi connectivity index (χ1v) is 12.1. The number of carbonyl (C=O) groups excluding carboxylic acids is 1. The van der Waals surface area contributed by atoms with Crippen LogP contribution >= 0.6 is 11.6 Å². The number of nitrogens with zero attached hydrogens (tertiary/aromatic N) is 3. The number of pyridine rings is 1. The van der Waals surface area contributed by atoms with E-state index >= 15 is 0 Å². The van der Waals surface area contributed by atoms with Gasteiger partial charge in [0.15, 0.2) is 5.82 Å². The number of nitrogens with one attached hydrogen (secondary N) is 1. The number of likely N-dealkylation sites (tertiary alicyclic amines) is 1. The predicted molar refractivity (Wildman–Crippen MR) is 130 cm³/mol. The van der Waals surface area contributed by atoms with Crippen LogP contribution in [-0.2, 0) is 0 Å². The number of hydrogen-bond acceptors (Lipinski definition) is 5. The van der Waals surface area contributed by atoms with Gasteiger partial charge in [-0.1, -0.05) is 18.0 Å². The van der Waals surface area contributed by atoms with Crippen LogP contribution < -0.4 is 15.0 Å². The van der Waals surface area contributed by atoms with Crippen LogP contribution in [0.4, 0.5) is 11.5 Å². The van der Waals surface area contributed by atoms with Crippen LogP contribution in [0, 0.1) is 5.92 Å². The van der Waals surface area contributed by atoms with Gasteiger partial charge in [-0.3, -0.25) is 4.79 Å². The van der Waals surface area contributed by atoms with Gasteiger partial charge in [0.2, 0.25) is 0 Å². The van der Waals surface area contributed by atoms with Crippen LogP contribution in [0.1, 0.15) is 48.9 Å². The van der Waals surface area contributed by atoms with Gasteiger partial charge < -0.3 is 19.9 Å². The zero-order valence-corrected chi connectivity index (χ0v) is 19.6. The van der Waals surface area contributed by atoms with Gasteiger partial charge in [0.1, 0.15) is 5.75 Å². The van der Waals surface area contributed by atoms with E-state index in [9.17, 15) is 4.79 Å². The third-order valence-electron chi connectivity index (χ3n) is 6.67. The molecule has 1 aromatic carbocycles. The maximum atomic E-state index is 12.8. The Morgan fingerprint density at radius 1 is 1.16 bits per heavy atom. The van der Waals surface area contributed by atoms with Crippen molar-refractivity contribution in [3.63, 3.8) is 0 Å². The second kappa shape index (κ2) is 11.0. The van der Waals surface area contributed by atoms with Crippen LogP contribution in [0.3, 0.4) is 0 Å². The SMILES string of the molecule is COc1ccc(C(=O)Nc2cccnc2N2CCC(CCN3CCCCC3)CC2)cc1Cl. The van der Waals surface area contributed by atoms with E-state index in [0.29, 0.717) is 16.3 Å². The summed E-state index contributed by atoms with van der Waals surface area (Å²) in [6.45, 7) is 5.72. The lowest BCUT2D eigenvalue weighted by molar-refractivity contribution is 0.102. The average Bonchev–Trinajstić information content (AvgIpc) is 2.84. The van der Waals surface area contributed by atoms with E-state index in [-0.39, 0.29) is 5.91 Å². The van der Waals surface area contributed by atoms with E-state index in [1.54, 1.807) is 31.5 Å². The van der Waals surface area contributed by atoms with Crippen molar-refractivity contribution in [2.24, 2.45) is 5.92 Å². The van der Waals surface area contributed by atoms with Crippen LogP contribution in [-0.4, -0.2) is 55.6 Å². The van der Waals surface area contributed by atoms with Crippen molar-refractivity contribution in [2.45, 2.75) is 38.5 Å². The molecule has 6 nitrogen and oxygen atoms in total. The smallest absolute Gasteiger partial charge is 0.255 e. The van der Waals surface area contributed by atoms with Gasteiger partial charge in [-0.15, -0.1) is 0 Å². The molecular weight excluding hydrogens is 424 g/mol. The van der Waals surface area contributed by atoms with E-state index in [1.165, 1.54) is 58.2 Å². The van der Waals surface area contributed by atoms with Gasteiger partial charge in [0, 0.05) is 24.8 Å². The van der Waals surface area contributed by atoms with E-state index in [1.807, 2.05) is 12.1 Å². The summed E-state index contributed by atoms with van der Waals surface area (Å²) >= 11 is 6.19. The van der Waals surface area contributed by atoms with Gasteiger partial charge in [-0.25, -0.2) is 4.98 Å². The monoisotopic (exact) mass is 456 g/mol. The Labute approximate surface area is 195 Å². The van der Waals surface area contributed by atoms with Crippen molar-refractivity contribution in [1.29, 1.82) is 0 Å². The second-order valence-corrected chi connectivity index (χ2v) is 9.21. The fourth-order valence-electron chi connectivity index (χ4n) is 4.73. The maximum absolute atomic E-state index is 12.8. The Kier molecular flexibility index (Phi) is 7.87. The Hall–Kier alpha value is -2.31. The third kappa shape index (κ3) is 5.73. The topological polar surface area (TPSA) is 57.7 Å². The molecule has 0 radical (unpaired) electrons. The molecule has 2 aliphatic rings. The number of hydrogen-bond donors (Lipinski definition) is 1. The molecule has 1 amide bonds. The summed E-state index contributed by atoms with van der Waals surface area (Å²) in [5, 5.41) is 3.43. The van der Waals surface area contributed by atoms with Gasteiger partial charge in [0.25, 0.3) is 5.91 Å². The third-order valence-corrected chi connectivity index (χ3v) is 6.96. The number of methoxy groups -OCH3 is 1. The Morgan fingerprint density at radius 3 is 2.66 bits per heavy atom. The van der Waals surface area contributed by atoms with Crippen LogP contribution in [0.25, 0.3) is 0 Å².